The first-order chi connectivity index (χ1) is 6.58. The average molecular weight is 228 g/mol. The van der Waals surface area contributed by atoms with E-state index in [1.807, 2.05) is 6.92 Å². The standard InChI is InChI=1S/C9H6ClNO2S/c1-4-11-8-6(10)2-5(9(12)13)3-7(8)14-4/h2-3H,1H3,(H,12,13). The number of benzene rings is 1. The van der Waals surface area contributed by atoms with Gasteiger partial charge < -0.3 is 5.11 Å². The summed E-state index contributed by atoms with van der Waals surface area (Å²) in [7, 11) is 0. The topological polar surface area (TPSA) is 50.2 Å². The van der Waals surface area contributed by atoms with Crippen molar-refractivity contribution in [3.63, 3.8) is 0 Å². The van der Waals surface area contributed by atoms with Gasteiger partial charge in [-0.2, -0.15) is 0 Å². The molecule has 2 aromatic rings. The molecular formula is C9H6ClNO2S. The summed E-state index contributed by atoms with van der Waals surface area (Å²) in [5.41, 5.74) is 0.880. The normalized spacial score (nSPS) is 10.7. The Morgan fingerprint density at radius 1 is 1.57 bits per heavy atom. The van der Waals surface area contributed by atoms with Gasteiger partial charge >= 0.3 is 5.97 Å². The molecule has 0 aliphatic heterocycles. The second-order valence-electron chi connectivity index (χ2n) is 2.84. The van der Waals surface area contributed by atoms with Gasteiger partial charge in [-0.25, -0.2) is 9.78 Å². The minimum atomic E-state index is -0.972. The van der Waals surface area contributed by atoms with E-state index >= 15 is 0 Å². The van der Waals surface area contributed by atoms with E-state index in [9.17, 15) is 4.79 Å². The maximum absolute atomic E-state index is 10.7. The smallest absolute Gasteiger partial charge is 0.335 e. The largest absolute Gasteiger partial charge is 0.478 e. The van der Waals surface area contributed by atoms with Gasteiger partial charge in [0.05, 0.1) is 20.3 Å². The molecule has 0 saturated carbocycles. The lowest BCUT2D eigenvalue weighted by Crippen LogP contribution is -1.95. The summed E-state index contributed by atoms with van der Waals surface area (Å²) < 4.78 is 0.812. The molecule has 0 amide bonds. The van der Waals surface area contributed by atoms with Crippen LogP contribution in [0.15, 0.2) is 12.1 Å². The van der Waals surface area contributed by atoms with Gasteiger partial charge in [0.1, 0.15) is 5.52 Å². The van der Waals surface area contributed by atoms with Crippen LogP contribution in [0.4, 0.5) is 0 Å². The molecule has 0 aliphatic rings. The molecular weight excluding hydrogens is 222 g/mol. The number of aromatic nitrogens is 1. The first-order valence-electron chi connectivity index (χ1n) is 3.88. The number of nitrogens with zero attached hydrogens (tertiary/aromatic N) is 1. The van der Waals surface area contributed by atoms with Crippen LogP contribution in [0.3, 0.4) is 0 Å². The SMILES string of the molecule is Cc1nc2c(Cl)cc(C(=O)O)cc2s1. The molecule has 3 nitrogen and oxygen atoms in total. The Balaban J connectivity index is 2.77. The lowest BCUT2D eigenvalue weighted by Gasteiger charge is -1.95. The van der Waals surface area contributed by atoms with Crippen molar-refractivity contribution in [1.29, 1.82) is 0 Å². The number of aromatic carboxylic acids is 1. The van der Waals surface area contributed by atoms with Gasteiger partial charge in [-0.1, -0.05) is 11.6 Å². The summed E-state index contributed by atoms with van der Waals surface area (Å²) in [6.45, 7) is 1.86. The monoisotopic (exact) mass is 227 g/mol. The fourth-order valence-electron chi connectivity index (χ4n) is 1.22. The summed E-state index contributed by atoms with van der Waals surface area (Å²) in [4.78, 5) is 14.9. The van der Waals surface area contributed by atoms with E-state index in [0.29, 0.717) is 10.5 Å². The molecule has 1 aromatic heterocycles. The van der Waals surface area contributed by atoms with Gasteiger partial charge in [0.2, 0.25) is 0 Å². The van der Waals surface area contributed by atoms with Gasteiger partial charge in [0, 0.05) is 0 Å². The number of hydrogen-bond acceptors (Lipinski definition) is 3. The highest BCUT2D eigenvalue weighted by atomic mass is 35.5. The summed E-state index contributed by atoms with van der Waals surface area (Å²) >= 11 is 7.34. The molecule has 0 aliphatic carbocycles. The fourth-order valence-corrected chi connectivity index (χ4v) is 2.43. The Bertz CT molecular complexity index is 521. The van der Waals surface area contributed by atoms with Crippen LogP contribution >= 0.6 is 22.9 Å². The second-order valence-corrected chi connectivity index (χ2v) is 4.48. The molecule has 1 heterocycles. The highest BCUT2D eigenvalue weighted by molar-refractivity contribution is 7.18. The van der Waals surface area contributed by atoms with Gasteiger partial charge in [-0.05, 0) is 19.1 Å². The van der Waals surface area contributed by atoms with E-state index in [4.69, 9.17) is 16.7 Å². The van der Waals surface area contributed by atoms with Crippen molar-refractivity contribution in [3.8, 4) is 0 Å². The molecule has 0 spiro atoms. The average Bonchev–Trinajstić information content (AvgIpc) is 2.45. The number of aryl methyl sites for hydroxylation is 1. The molecule has 0 atom stereocenters. The van der Waals surface area contributed by atoms with Gasteiger partial charge in [-0.15, -0.1) is 11.3 Å². The van der Waals surface area contributed by atoms with E-state index in [-0.39, 0.29) is 5.56 Å². The van der Waals surface area contributed by atoms with E-state index in [1.165, 1.54) is 17.4 Å². The maximum atomic E-state index is 10.7. The van der Waals surface area contributed by atoms with Crippen LogP contribution in [0.1, 0.15) is 15.4 Å². The number of rotatable bonds is 1. The Morgan fingerprint density at radius 3 is 2.93 bits per heavy atom. The van der Waals surface area contributed by atoms with Crippen LogP contribution in [0.25, 0.3) is 10.2 Å². The summed E-state index contributed by atoms with van der Waals surface area (Å²) in [5, 5.41) is 10.1. The van der Waals surface area contributed by atoms with Crippen LogP contribution in [0.5, 0.6) is 0 Å². The Labute approximate surface area is 89.0 Å². The number of hydrogen-bond donors (Lipinski definition) is 1. The van der Waals surface area contributed by atoms with Gasteiger partial charge in [0.25, 0.3) is 0 Å². The third-order valence-corrected chi connectivity index (χ3v) is 3.01. The Hall–Kier alpha value is -1.13. The van der Waals surface area contributed by atoms with E-state index < -0.39 is 5.97 Å². The summed E-state index contributed by atoms with van der Waals surface area (Å²) in [5.74, 6) is -0.972. The zero-order valence-electron chi connectivity index (χ0n) is 7.24. The molecule has 2 rings (SSSR count). The van der Waals surface area contributed by atoms with Gasteiger partial charge in [-0.3, -0.25) is 0 Å². The number of carboxylic acids is 1. The first-order valence-corrected chi connectivity index (χ1v) is 5.07. The number of carbonyl (C=O) groups is 1. The third kappa shape index (κ3) is 1.47. The highest BCUT2D eigenvalue weighted by Gasteiger charge is 2.10. The highest BCUT2D eigenvalue weighted by Crippen LogP contribution is 2.29. The zero-order chi connectivity index (χ0) is 10.3. The number of fused-ring (bicyclic) bond motifs is 1. The van der Waals surface area contributed by atoms with E-state index in [0.717, 1.165) is 9.71 Å². The molecule has 0 fully saturated rings. The van der Waals surface area contributed by atoms with Crippen molar-refractivity contribution in [2.24, 2.45) is 0 Å². The van der Waals surface area contributed by atoms with Crippen molar-refractivity contribution < 1.29 is 9.90 Å². The fraction of sp³-hybridized carbons (Fsp3) is 0.111. The van der Waals surface area contributed by atoms with Crippen molar-refractivity contribution in [2.75, 3.05) is 0 Å². The minimum absolute atomic E-state index is 0.200. The van der Waals surface area contributed by atoms with Crippen LogP contribution in [-0.2, 0) is 0 Å². The van der Waals surface area contributed by atoms with E-state index in [2.05, 4.69) is 4.98 Å². The third-order valence-electron chi connectivity index (χ3n) is 1.80. The molecule has 1 N–H and O–H groups in total. The molecule has 5 heteroatoms. The molecule has 0 radical (unpaired) electrons. The zero-order valence-corrected chi connectivity index (χ0v) is 8.82. The summed E-state index contributed by atoms with van der Waals surface area (Å²) in [6, 6.07) is 3.01. The van der Waals surface area contributed by atoms with Crippen molar-refractivity contribution in [1.82, 2.24) is 4.98 Å². The van der Waals surface area contributed by atoms with Crippen molar-refractivity contribution in [2.45, 2.75) is 6.92 Å². The van der Waals surface area contributed by atoms with Crippen LogP contribution < -0.4 is 0 Å². The molecule has 0 unspecified atom stereocenters. The predicted octanol–water partition coefficient (Wildman–Crippen LogP) is 2.96. The predicted molar refractivity (Wildman–Crippen MR) is 56.3 cm³/mol. The maximum Gasteiger partial charge on any atom is 0.335 e. The molecule has 14 heavy (non-hydrogen) atoms. The number of thiazole rings is 1. The number of carboxylic acid groups (broad SMARTS) is 1. The molecule has 0 saturated heterocycles. The lowest BCUT2D eigenvalue weighted by molar-refractivity contribution is 0.0697. The second kappa shape index (κ2) is 3.22. The van der Waals surface area contributed by atoms with Crippen molar-refractivity contribution >= 4 is 39.1 Å². The Morgan fingerprint density at radius 2 is 2.29 bits per heavy atom. The number of halogens is 1. The Kier molecular flexibility index (Phi) is 2.17. The first kappa shape index (κ1) is 9.43. The van der Waals surface area contributed by atoms with E-state index in [1.54, 1.807) is 6.07 Å². The molecule has 1 aromatic carbocycles. The van der Waals surface area contributed by atoms with Crippen LogP contribution in [-0.4, -0.2) is 16.1 Å². The lowest BCUT2D eigenvalue weighted by atomic mass is 10.2. The molecule has 0 bridgehead atoms. The van der Waals surface area contributed by atoms with Crippen molar-refractivity contribution in [3.05, 3.63) is 27.7 Å². The van der Waals surface area contributed by atoms with Crippen LogP contribution in [0.2, 0.25) is 5.02 Å². The molecule has 72 valence electrons. The van der Waals surface area contributed by atoms with Crippen LogP contribution in [0, 0.1) is 6.92 Å². The quantitative estimate of drug-likeness (QED) is 0.815. The minimum Gasteiger partial charge on any atom is -0.478 e. The van der Waals surface area contributed by atoms with Gasteiger partial charge in [0.15, 0.2) is 0 Å². The summed E-state index contributed by atoms with van der Waals surface area (Å²) in [6.07, 6.45) is 0.